The Morgan fingerprint density at radius 2 is 2.04 bits per heavy atom. The van der Waals surface area contributed by atoms with E-state index in [-0.39, 0.29) is 11.6 Å². The van der Waals surface area contributed by atoms with Crippen molar-refractivity contribution < 1.29 is 9.18 Å². The maximum atomic E-state index is 14.1. The molecule has 0 spiro atoms. The van der Waals surface area contributed by atoms with E-state index in [4.69, 9.17) is 5.73 Å². The van der Waals surface area contributed by atoms with Crippen LogP contribution >= 0.6 is 0 Å². The van der Waals surface area contributed by atoms with Crippen LogP contribution < -0.4 is 11.1 Å². The van der Waals surface area contributed by atoms with E-state index in [1.807, 2.05) is 42.6 Å². The first-order chi connectivity index (χ1) is 12.1. The minimum atomic E-state index is -0.919. The molecule has 0 bridgehead atoms. The summed E-state index contributed by atoms with van der Waals surface area (Å²) in [6.07, 6.45) is 4.53. The van der Waals surface area contributed by atoms with Crippen LogP contribution in [-0.2, 0) is 0 Å². The molecule has 128 valence electrons. The highest BCUT2D eigenvalue weighted by molar-refractivity contribution is 6.02. The Bertz CT molecular complexity index is 922. The van der Waals surface area contributed by atoms with Crippen molar-refractivity contribution in [1.82, 2.24) is 9.61 Å². The smallest absolute Gasteiger partial charge is 0.252 e. The van der Waals surface area contributed by atoms with Crippen LogP contribution in [0.25, 0.3) is 16.6 Å². The molecule has 1 aromatic carbocycles. The number of anilines is 1. The molecule has 1 fully saturated rings. The summed E-state index contributed by atoms with van der Waals surface area (Å²) in [7, 11) is 0. The second-order valence-corrected chi connectivity index (χ2v) is 6.42. The summed E-state index contributed by atoms with van der Waals surface area (Å²) in [5.74, 6) is -0.576. The van der Waals surface area contributed by atoms with E-state index in [1.165, 1.54) is 6.20 Å². The zero-order valence-corrected chi connectivity index (χ0v) is 13.7. The molecule has 0 radical (unpaired) electrons. The third kappa shape index (κ3) is 2.84. The second-order valence-electron chi connectivity index (χ2n) is 6.42. The van der Waals surface area contributed by atoms with Gasteiger partial charge in [0, 0.05) is 11.8 Å². The predicted octanol–water partition coefficient (Wildman–Crippen LogP) is 3.40. The lowest BCUT2D eigenvalue weighted by atomic mass is 10.1. The van der Waals surface area contributed by atoms with E-state index in [9.17, 15) is 9.18 Å². The molecule has 1 amide bonds. The number of aromatic nitrogens is 2. The third-order valence-electron chi connectivity index (χ3n) is 4.77. The van der Waals surface area contributed by atoms with Gasteiger partial charge in [-0.15, -0.1) is 0 Å². The molecular formula is C19H19FN4O. The van der Waals surface area contributed by atoms with Gasteiger partial charge in [-0.3, -0.25) is 4.79 Å². The molecule has 1 aliphatic carbocycles. The van der Waals surface area contributed by atoms with E-state index in [0.29, 0.717) is 17.6 Å². The van der Waals surface area contributed by atoms with Gasteiger partial charge in [0.15, 0.2) is 0 Å². The molecule has 5 nitrogen and oxygen atoms in total. The van der Waals surface area contributed by atoms with Crippen LogP contribution in [0.4, 0.5) is 10.1 Å². The second kappa shape index (κ2) is 6.20. The molecule has 0 aliphatic heterocycles. The van der Waals surface area contributed by atoms with Crippen LogP contribution in [-0.4, -0.2) is 27.7 Å². The first kappa shape index (κ1) is 15.6. The van der Waals surface area contributed by atoms with Crippen LogP contribution in [0.1, 0.15) is 29.6 Å². The lowest BCUT2D eigenvalue weighted by Gasteiger charge is -2.19. The average Bonchev–Trinajstić information content (AvgIpc) is 3.22. The number of carbonyl (C=O) groups is 1. The summed E-state index contributed by atoms with van der Waals surface area (Å²) in [6.45, 7) is 0. The Hall–Kier alpha value is -2.89. The van der Waals surface area contributed by atoms with E-state index in [2.05, 4.69) is 10.4 Å². The summed E-state index contributed by atoms with van der Waals surface area (Å²) >= 11 is 0. The van der Waals surface area contributed by atoms with E-state index in [0.717, 1.165) is 24.0 Å². The van der Waals surface area contributed by atoms with Crippen molar-refractivity contribution in [2.75, 3.05) is 5.32 Å². The highest BCUT2D eigenvalue weighted by Gasteiger charge is 2.28. The third-order valence-corrected chi connectivity index (χ3v) is 4.77. The Kier molecular flexibility index (Phi) is 3.87. The largest absolute Gasteiger partial charge is 0.377 e. The Morgan fingerprint density at radius 3 is 2.72 bits per heavy atom. The highest BCUT2D eigenvalue weighted by Crippen LogP contribution is 2.32. The molecule has 6 heteroatoms. The van der Waals surface area contributed by atoms with Crippen LogP contribution in [0, 0.1) is 0 Å². The molecular weight excluding hydrogens is 319 g/mol. The van der Waals surface area contributed by atoms with Crippen molar-refractivity contribution in [3.05, 3.63) is 54.4 Å². The molecule has 2 aromatic heterocycles. The predicted molar refractivity (Wildman–Crippen MR) is 95.3 cm³/mol. The molecule has 2 heterocycles. The summed E-state index contributed by atoms with van der Waals surface area (Å²) in [5.41, 5.74) is 9.08. The van der Waals surface area contributed by atoms with Gasteiger partial charge in [0.2, 0.25) is 0 Å². The van der Waals surface area contributed by atoms with Gasteiger partial charge in [-0.2, -0.15) is 5.10 Å². The van der Waals surface area contributed by atoms with Gasteiger partial charge in [-0.05, 0) is 30.9 Å². The molecule has 1 aliphatic rings. The summed E-state index contributed by atoms with van der Waals surface area (Å²) in [4.78, 5) is 11.8. The number of rotatable bonds is 4. The van der Waals surface area contributed by atoms with E-state index in [1.54, 1.807) is 4.52 Å². The first-order valence-corrected chi connectivity index (χ1v) is 8.40. The maximum absolute atomic E-state index is 14.1. The fourth-order valence-electron chi connectivity index (χ4n) is 3.45. The SMILES string of the molecule is NC(=O)c1cnn2cc(-c3ccccc3)cc2c1N[C@@H]1CCC[C@@H]1F. The monoisotopic (exact) mass is 338 g/mol. The number of nitrogens with zero attached hydrogens (tertiary/aromatic N) is 2. The van der Waals surface area contributed by atoms with Crippen molar-refractivity contribution in [3.63, 3.8) is 0 Å². The molecule has 25 heavy (non-hydrogen) atoms. The lowest BCUT2D eigenvalue weighted by molar-refractivity contribution is 0.100. The van der Waals surface area contributed by atoms with Crippen molar-refractivity contribution in [2.24, 2.45) is 5.73 Å². The van der Waals surface area contributed by atoms with Crippen molar-refractivity contribution in [3.8, 4) is 11.1 Å². The van der Waals surface area contributed by atoms with Crippen molar-refractivity contribution in [2.45, 2.75) is 31.5 Å². The number of hydrogen-bond acceptors (Lipinski definition) is 3. The highest BCUT2D eigenvalue weighted by atomic mass is 19.1. The van der Waals surface area contributed by atoms with Crippen LogP contribution in [0.3, 0.4) is 0 Å². The minimum absolute atomic E-state index is 0.282. The number of halogens is 1. The van der Waals surface area contributed by atoms with Gasteiger partial charge in [0.1, 0.15) is 6.17 Å². The van der Waals surface area contributed by atoms with Gasteiger partial charge in [-0.1, -0.05) is 30.3 Å². The van der Waals surface area contributed by atoms with Gasteiger partial charge >= 0.3 is 0 Å². The molecule has 2 atom stereocenters. The number of carbonyl (C=O) groups excluding carboxylic acids is 1. The van der Waals surface area contributed by atoms with Crippen LogP contribution in [0.15, 0.2) is 48.8 Å². The molecule has 4 rings (SSSR count). The summed E-state index contributed by atoms with van der Waals surface area (Å²) < 4.78 is 15.8. The number of hydrogen-bond donors (Lipinski definition) is 2. The Labute approximate surface area is 144 Å². The van der Waals surface area contributed by atoms with E-state index < -0.39 is 12.1 Å². The fourth-order valence-corrected chi connectivity index (χ4v) is 3.45. The van der Waals surface area contributed by atoms with Crippen LogP contribution in [0.5, 0.6) is 0 Å². The van der Waals surface area contributed by atoms with Crippen LogP contribution in [0.2, 0.25) is 0 Å². The average molecular weight is 338 g/mol. The molecule has 1 saturated carbocycles. The minimum Gasteiger partial charge on any atom is -0.377 e. The summed E-state index contributed by atoms with van der Waals surface area (Å²) in [5, 5.41) is 7.50. The number of nitrogens with two attached hydrogens (primary N) is 1. The van der Waals surface area contributed by atoms with E-state index >= 15 is 0 Å². The Morgan fingerprint density at radius 1 is 1.24 bits per heavy atom. The van der Waals surface area contributed by atoms with Crippen molar-refractivity contribution in [1.29, 1.82) is 0 Å². The number of alkyl halides is 1. The summed E-state index contributed by atoms with van der Waals surface area (Å²) in [6, 6.07) is 11.5. The number of nitrogens with one attached hydrogen (secondary N) is 1. The lowest BCUT2D eigenvalue weighted by Crippen LogP contribution is -2.27. The fraction of sp³-hybridized carbons (Fsp3) is 0.263. The topological polar surface area (TPSA) is 72.4 Å². The van der Waals surface area contributed by atoms with Crippen molar-refractivity contribution >= 4 is 17.1 Å². The van der Waals surface area contributed by atoms with Gasteiger partial charge in [0.25, 0.3) is 5.91 Å². The van der Waals surface area contributed by atoms with Gasteiger partial charge in [-0.25, -0.2) is 8.91 Å². The number of benzene rings is 1. The number of amides is 1. The van der Waals surface area contributed by atoms with Gasteiger partial charge in [0.05, 0.1) is 29.0 Å². The first-order valence-electron chi connectivity index (χ1n) is 8.40. The molecule has 0 unspecified atom stereocenters. The van der Waals surface area contributed by atoms with Gasteiger partial charge < -0.3 is 11.1 Å². The number of fused-ring (bicyclic) bond motifs is 1. The zero-order chi connectivity index (χ0) is 17.4. The molecule has 0 saturated heterocycles. The molecule has 3 N–H and O–H groups in total. The maximum Gasteiger partial charge on any atom is 0.252 e. The quantitative estimate of drug-likeness (QED) is 0.766. The number of primary amides is 1. The molecule has 3 aromatic rings. The zero-order valence-electron chi connectivity index (χ0n) is 13.7. The standard InChI is InChI=1S/C19H19FN4O/c20-15-7-4-8-16(15)23-18-14(19(21)25)10-22-24-11-13(9-17(18)24)12-5-2-1-3-6-12/h1-3,5-6,9-11,15-16,23H,4,7-8H2,(H2,21,25)/t15-,16+/m0/s1. The normalized spacial score (nSPS) is 20.0. The Balaban J connectivity index is 1.83.